The Morgan fingerprint density at radius 1 is 0.944 bits per heavy atom. The van der Waals surface area contributed by atoms with Crippen molar-refractivity contribution >= 4 is 5.97 Å². The molecule has 0 radical (unpaired) electrons. The standard InChI is InChI=1S/C14H20O4/c15-12-8-6-9-13(16)11(12)7-4-2-1-3-5-10-14(17)18/h6,8-9,15-16H,1-5,7,10H2,(H,17,18). The van der Waals surface area contributed by atoms with Crippen molar-refractivity contribution in [1.29, 1.82) is 0 Å². The number of rotatable bonds is 8. The third-order valence-electron chi connectivity index (χ3n) is 2.94. The molecule has 100 valence electrons. The van der Waals surface area contributed by atoms with E-state index in [1.807, 2.05) is 0 Å². The average molecular weight is 252 g/mol. The Morgan fingerprint density at radius 3 is 2.11 bits per heavy atom. The molecule has 3 N–H and O–H groups in total. The van der Waals surface area contributed by atoms with Crippen LogP contribution in [0, 0.1) is 0 Å². The molecule has 4 heteroatoms. The summed E-state index contributed by atoms with van der Waals surface area (Å²) in [5, 5.41) is 27.6. The highest BCUT2D eigenvalue weighted by Gasteiger charge is 2.05. The van der Waals surface area contributed by atoms with Crippen molar-refractivity contribution in [2.75, 3.05) is 0 Å². The van der Waals surface area contributed by atoms with E-state index in [9.17, 15) is 15.0 Å². The molecule has 0 aliphatic rings. The Labute approximate surface area is 107 Å². The van der Waals surface area contributed by atoms with Crippen LogP contribution in [0.15, 0.2) is 18.2 Å². The Hall–Kier alpha value is -1.71. The van der Waals surface area contributed by atoms with Crippen molar-refractivity contribution in [3.63, 3.8) is 0 Å². The zero-order chi connectivity index (χ0) is 13.4. The second kappa shape index (κ2) is 7.58. The highest BCUT2D eigenvalue weighted by Crippen LogP contribution is 2.28. The molecule has 0 unspecified atom stereocenters. The maximum atomic E-state index is 10.3. The van der Waals surface area contributed by atoms with E-state index in [0.29, 0.717) is 12.0 Å². The maximum absolute atomic E-state index is 10.3. The molecular weight excluding hydrogens is 232 g/mol. The molecule has 0 aliphatic heterocycles. The first kappa shape index (κ1) is 14.4. The van der Waals surface area contributed by atoms with Gasteiger partial charge in [0, 0.05) is 12.0 Å². The molecular formula is C14H20O4. The normalized spacial score (nSPS) is 10.4. The van der Waals surface area contributed by atoms with E-state index in [-0.39, 0.29) is 17.9 Å². The molecule has 0 bridgehead atoms. The number of hydrogen-bond donors (Lipinski definition) is 3. The van der Waals surface area contributed by atoms with Crippen LogP contribution < -0.4 is 0 Å². The Bertz CT molecular complexity index is 367. The lowest BCUT2D eigenvalue weighted by atomic mass is 10.0. The molecule has 0 saturated carbocycles. The van der Waals surface area contributed by atoms with Crippen LogP contribution in [0.4, 0.5) is 0 Å². The summed E-state index contributed by atoms with van der Waals surface area (Å²) in [5.41, 5.74) is 0.600. The summed E-state index contributed by atoms with van der Waals surface area (Å²) in [6, 6.07) is 4.75. The molecule has 1 aromatic rings. The van der Waals surface area contributed by atoms with Gasteiger partial charge < -0.3 is 15.3 Å². The van der Waals surface area contributed by atoms with Crippen LogP contribution in [0.25, 0.3) is 0 Å². The van der Waals surface area contributed by atoms with Crippen LogP contribution in [0.3, 0.4) is 0 Å². The van der Waals surface area contributed by atoms with Crippen molar-refractivity contribution in [1.82, 2.24) is 0 Å². The molecule has 0 fully saturated rings. The van der Waals surface area contributed by atoms with Gasteiger partial charge in [0.2, 0.25) is 0 Å². The van der Waals surface area contributed by atoms with Crippen molar-refractivity contribution in [3.8, 4) is 11.5 Å². The number of aliphatic carboxylic acids is 1. The SMILES string of the molecule is O=C(O)CCCCCCCc1c(O)cccc1O. The molecule has 0 atom stereocenters. The Kier molecular flexibility index (Phi) is 6.05. The number of unbranched alkanes of at least 4 members (excludes halogenated alkanes) is 4. The van der Waals surface area contributed by atoms with Gasteiger partial charge in [-0.3, -0.25) is 4.79 Å². The maximum Gasteiger partial charge on any atom is 0.303 e. The van der Waals surface area contributed by atoms with E-state index in [1.54, 1.807) is 18.2 Å². The number of carbonyl (C=O) groups is 1. The predicted octanol–water partition coefficient (Wildman–Crippen LogP) is 3.07. The summed E-state index contributed by atoms with van der Waals surface area (Å²) < 4.78 is 0. The minimum atomic E-state index is -0.742. The number of aromatic hydroxyl groups is 2. The van der Waals surface area contributed by atoms with Crippen molar-refractivity contribution in [3.05, 3.63) is 23.8 Å². The molecule has 0 aromatic heterocycles. The third-order valence-corrected chi connectivity index (χ3v) is 2.94. The van der Waals surface area contributed by atoms with Crippen molar-refractivity contribution in [2.45, 2.75) is 44.9 Å². The summed E-state index contributed by atoms with van der Waals surface area (Å²) in [5.74, 6) is -0.462. The molecule has 18 heavy (non-hydrogen) atoms. The van der Waals surface area contributed by atoms with Gasteiger partial charge in [0.1, 0.15) is 11.5 Å². The third kappa shape index (κ3) is 5.08. The summed E-state index contributed by atoms with van der Waals surface area (Å²) in [7, 11) is 0. The fourth-order valence-electron chi connectivity index (χ4n) is 1.93. The first-order valence-corrected chi connectivity index (χ1v) is 6.33. The monoisotopic (exact) mass is 252 g/mol. The van der Waals surface area contributed by atoms with E-state index < -0.39 is 5.97 Å². The minimum Gasteiger partial charge on any atom is -0.508 e. The van der Waals surface area contributed by atoms with Crippen molar-refractivity contribution < 1.29 is 20.1 Å². The van der Waals surface area contributed by atoms with Gasteiger partial charge in [-0.2, -0.15) is 0 Å². The second-order valence-electron chi connectivity index (χ2n) is 4.44. The van der Waals surface area contributed by atoms with Gasteiger partial charge in [-0.1, -0.05) is 25.3 Å². The lowest BCUT2D eigenvalue weighted by molar-refractivity contribution is -0.137. The number of carboxylic acids is 1. The number of benzene rings is 1. The molecule has 0 spiro atoms. The largest absolute Gasteiger partial charge is 0.508 e. The average Bonchev–Trinajstić information content (AvgIpc) is 2.30. The Balaban J connectivity index is 2.16. The molecule has 1 aromatic carbocycles. The smallest absolute Gasteiger partial charge is 0.303 e. The number of hydrogen-bond acceptors (Lipinski definition) is 3. The van der Waals surface area contributed by atoms with E-state index in [4.69, 9.17) is 5.11 Å². The van der Waals surface area contributed by atoms with Crippen molar-refractivity contribution in [2.24, 2.45) is 0 Å². The molecule has 1 rings (SSSR count). The van der Waals surface area contributed by atoms with Gasteiger partial charge >= 0.3 is 5.97 Å². The fraction of sp³-hybridized carbons (Fsp3) is 0.500. The minimum absolute atomic E-state index is 0.140. The van der Waals surface area contributed by atoms with Crippen LogP contribution in [-0.4, -0.2) is 21.3 Å². The second-order valence-corrected chi connectivity index (χ2v) is 4.44. The van der Waals surface area contributed by atoms with E-state index in [2.05, 4.69) is 0 Å². The zero-order valence-corrected chi connectivity index (χ0v) is 10.4. The van der Waals surface area contributed by atoms with Crippen LogP contribution in [0.2, 0.25) is 0 Å². The predicted molar refractivity (Wildman–Crippen MR) is 68.8 cm³/mol. The van der Waals surface area contributed by atoms with Gasteiger partial charge in [-0.15, -0.1) is 0 Å². The van der Waals surface area contributed by atoms with Gasteiger partial charge in [0.25, 0.3) is 0 Å². The summed E-state index contributed by atoms with van der Waals surface area (Å²) in [4.78, 5) is 10.3. The van der Waals surface area contributed by atoms with Gasteiger partial charge in [-0.25, -0.2) is 0 Å². The van der Waals surface area contributed by atoms with E-state index >= 15 is 0 Å². The van der Waals surface area contributed by atoms with E-state index in [1.165, 1.54) is 0 Å². The van der Waals surface area contributed by atoms with Gasteiger partial charge in [0.05, 0.1) is 0 Å². The van der Waals surface area contributed by atoms with Crippen LogP contribution in [0.5, 0.6) is 11.5 Å². The highest BCUT2D eigenvalue weighted by molar-refractivity contribution is 5.66. The summed E-state index contributed by atoms with van der Waals surface area (Å²) in [6.45, 7) is 0. The number of phenols is 2. The van der Waals surface area contributed by atoms with Crippen LogP contribution >= 0.6 is 0 Å². The summed E-state index contributed by atoms with van der Waals surface area (Å²) >= 11 is 0. The van der Waals surface area contributed by atoms with Gasteiger partial charge in [0.15, 0.2) is 0 Å². The van der Waals surface area contributed by atoms with Crippen LogP contribution in [0.1, 0.15) is 44.1 Å². The quantitative estimate of drug-likeness (QED) is 0.621. The molecule has 0 aliphatic carbocycles. The summed E-state index contributed by atoms with van der Waals surface area (Å²) in [6.07, 6.45) is 5.38. The van der Waals surface area contributed by atoms with E-state index in [0.717, 1.165) is 32.1 Å². The molecule has 4 nitrogen and oxygen atoms in total. The fourth-order valence-corrected chi connectivity index (χ4v) is 1.93. The topological polar surface area (TPSA) is 77.8 Å². The number of carboxylic acid groups (broad SMARTS) is 1. The molecule has 0 amide bonds. The number of phenolic OH excluding ortho intramolecular Hbond substituents is 2. The first-order valence-electron chi connectivity index (χ1n) is 6.33. The highest BCUT2D eigenvalue weighted by atomic mass is 16.4. The molecule has 0 heterocycles. The lowest BCUT2D eigenvalue weighted by Gasteiger charge is -2.06. The zero-order valence-electron chi connectivity index (χ0n) is 10.4. The first-order chi connectivity index (χ1) is 8.61. The Morgan fingerprint density at radius 2 is 1.50 bits per heavy atom. The van der Waals surface area contributed by atoms with Gasteiger partial charge in [-0.05, 0) is 31.4 Å². The lowest BCUT2D eigenvalue weighted by Crippen LogP contribution is -1.93. The van der Waals surface area contributed by atoms with Crippen LogP contribution in [-0.2, 0) is 11.2 Å². The molecule has 0 saturated heterocycles.